The molecule has 0 spiro atoms. The third-order valence-electron chi connectivity index (χ3n) is 3.90. The van der Waals surface area contributed by atoms with Gasteiger partial charge in [0.05, 0.1) is 25.6 Å². The van der Waals surface area contributed by atoms with Crippen LogP contribution < -0.4 is 20.3 Å². The molecule has 2 aromatic heterocycles. The lowest BCUT2D eigenvalue weighted by molar-refractivity contribution is 0.0951. The monoisotopic (exact) mass is 385 g/mol. The molecule has 0 atom stereocenters. The van der Waals surface area contributed by atoms with E-state index in [4.69, 9.17) is 9.47 Å². The van der Waals surface area contributed by atoms with Crippen molar-refractivity contribution in [2.24, 2.45) is 0 Å². The first-order chi connectivity index (χ1) is 13.1. The smallest absolute Gasteiger partial charge is 0.266 e. The Morgan fingerprint density at radius 2 is 1.96 bits per heavy atom. The van der Waals surface area contributed by atoms with E-state index in [2.05, 4.69) is 10.4 Å². The van der Waals surface area contributed by atoms with Crippen LogP contribution in [0.2, 0.25) is 0 Å². The van der Waals surface area contributed by atoms with E-state index in [-0.39, 0.29) is 24.6 Å². The highest BCUT2D eigenvalue weighted by Crippen LogP contribution is 2.27. The third kappa shape index (κ3) is 4.35. The fourth-order valence-electron chi connectivity index (χ4n) is 2.52. The number of methoxy groups -OCH3 is 2. The van der Waals surface area contributed by atoms with Crippen LogP contribution in [-0.2, 0) is 6.54 Å². The molecule has 0 unspecified atom stereocenters. The fraction of sp³-hybridized carbons (Fsp3) is 0.211. The standard InChI is InChI=1S/C19H19N3O4S/c1-25-15-7-5-13(12-16(15)26-2)19(24)20-9-10-22-18(23)8-6-14(21-22)17-4-3-11-27-17/h3-8,11-12H,9-10H2,1-2H3,(H,20,24). The van der Waals surface area contributed by atoms with E-state index < -0.39 is 0 Å². The van der Waals surface area contributed by atoms with E-state index in [1.54, 1.807) is 35.6 Å². The van der Waals surface area contributed by atoms with Crippen LogP contribution in [0.4, 0.5) is 0 Å². The molecule has 0 fully saturated rings. The summed E-state index contributed by atoms with van der Waals surface area (Å²) in [5.41, 5.74) is 0.965. The molecular weight excluding hydrogens is 366 g/mol. The van der Waals surface area contributed by atoms with Crippen LogP contribution in [0.15, 0.2) is 52.6 Å². The summed E-state index contributed by atoms with van der Waals surface area (Å²) >= 11 is 1.55. The van der Waals surface area contributed by atoms with Crippen molar-refractivity contribution in [1.82, 2.24) is 15.1 Å². The lowest BCUT2D eigenvalue weighted by Crippen LogP contribution is -2.31. The number of hydrogen-bond acceptors (Lipinski definition) is 6. The summed E-state index contributed by atoms with van der Waals surface area (Å²) in [6.45, 7) is 0.547. The molecule has 7 nitrogen and oxygen atoms in total. The maximum atomic E-state index is 12.3. The van der Waals surface area contributed by atoms with Gasteiger partial charge >= 0.3 is 0 Å². The Balaban J connectivity index is 1.65. The van der Waals surface area contributed by atoms with Gasteiger partial charge in [0, 0.05) is 18.2 Å². The van der Waals surface area contributed by atoms with Crippen LogP contribution in [0.3, 0.4) is 0 Å². The van der Waals surface area contributed by atoms with Gasteiger partial charge in [-0.1, -0.05) is 6.07 Å². The highest BCUT2D eigenvalue weighted by atomic mass is 32.1. The maximum absolute atomic E-state index is 12.3. The molecule has 8 heteroatoms. The average molecular weight is 385 g/mol. The van der Waals surface area contributed by atoms with Crippen molar-refractivity contribution >= 4 is 17.2 Å². The van der Waals surface area contributed by atoms with Crippen LogP contribution in [0.1, 0.15) is 10.4 Å². The number of benzene rings is 1. The maximum Gasteiger partial charge on any atom is 0.266 e. The molecule has 0 aliphatic rings. The predicted molar refractivity (Wildman–Crippen MR) is 104 cm³/mol. The first kappa shape index (κ1) is 18.7. The zero-order valence-corrected chi connectivity index (χ0v) is 15.8. The summed E-state index contributed by atoms with van der Waals surface area (Å²) in [6.07, 6.45) is 0. The number of thiophene rings is 1. The first-order valence-corrected chi connectivity index (χ1v) is 9.12. The summed E-state index contributed by atoms with van der Waals surface area (Å²) < 4.78 is 11.7. The Kier molecular flexibility index (Phi) is 5.87. The van der Waals surface area contributed by atoms with Crippen molar-refractivity contribution in [3.8, 4) is 22.1 Å². The van der Waals surface area contributed by atoms with Crippen molar-refractivity contribution in [3.63, 3.8) is 0 Å². The summed E-state index contributed by atoms with van der Waals surface area (Å²) in [5.74, 6) is 0.764. The predicted octanol–water partition coefficient (Wildman–Crippen LogP) is 2.42. The van der Waals surface area contributed by atoms with E-state index in [0.29, 0.717) is 17.1 Å². The topological polar surface area (TPSA) is 82.5 Å². The van der Waals surface area contributed by atoms with Crippen LogP contribution in [0.25, 0.3) is 10.6 Å². The molecule has 0 aliphatic carbocycles. The molecule has 1 aromatic carbocycles. The van der Waals surface area contributed by atoms with E-state index in [1.165, 1.54) is 25.0 Å². The minimum Gasteiger partial charge on any atom is -0.493 e. The summed E-state index contributed by atoms with van der Waals surface area (Å²) in [6, 6.07) is 12.0. The van der Waals surface area contributed by atoms with Crippen LogP contribution >= 0.6 is 11.3 Å². The van der Waals surface area contributed by atoms with Crippen LogP contribution in [-0.4, -0.2) is 36.5 Å². The van der Waals surface area contributed by atoms with Crippen molar-refractivity contribution in [2.75, 3.05) is 20.8 Å². The Bertz CT molecular complexity index is 983. The molecule has 0 saturated heterocycles. The SMILES string of the molecule is COc1ccc(C(=O)NCCn2nc(-c3cccs3)ccc2=O)cc1OC. The van der Waals surface area contributed by atoms with E-state index >= 15 is 0 Å². The van der Waals surface area contributed by atoms with Gasteiger partial charge in [-0.3, -0.25) is 9.59 Å². The van der Waals surface area contributed by atoms with Gasteiger partial charge in [-0.05, 0) is 35.7 Å². The largest absolute Gasteiger partial charge is 0.493 e. The fourth-order valence-corrected chi connectivity index (χ4v) is 3.21. The van der Waals surface area contributed by atoms with E-state index in [1.807, 2.05) is 17.5 Å². The number of hydrogen-bond donors (Lipinski definition) is 1. The molecule has 0 radical (unpaired) electrons. The molecule has 140 valence electrons. The normalized spacial score (nSPS) is 10.4. The Hall–Kier alpha value is -3.13. The number of ether oxygens (including phenoxy) is 2. The zero-order valence-electron chi connectivity index (χ0n) is 15.0. The van der Waals surface area contributed by atoms with Gasteiger partial charge in [0.25, 0.3) is 11.5 Å². The Labute approximate surface area is 160 Å². The average Bonchev–Trinajstić information content (AvgIpc) is 3.23. The minimum absolute atomic E-state index is 0.212. The molecule has 2 heterocycles. The van der Waals surface area contributed by atoms with Gasteiger partial charge in [0.1, 0.15) is 5.69 Å². The number of carbonyl (C=O) groups excluding carboxylic acids is 1. The van der Waals surface area contributed by atoms with Crippen molar-refractivity contribution in [2.45, 2.75) is 6.54 Å². The molecular formula is C19H19N3O4S. The van der Waals surface area contributed by atoms with E-state index in [9.17, 15) is 9.59 Å². The van der Waals surface area contributed by atoms with Gasteiger partial charge in [-0.15, -0.1) is 11.3 Å². The van der Waals surface area contributed by atoms with Crippen molar-refractivity contribution in [1.29, 1.82) is 0 Å². The van der Waals surface area contributed by atoms with Crippen molar-refractivity contribution < 1.29 is 14.3 Å². The highest BCUT2D eigenvalue weighted by molar-refractivity contribution is 7.13. The second-order valence-corrected chi connectivity index (χ2v) is 6.53. The minimum atomic E-state index is -0.265. The number of nitrogens with zero attached hydrogens (tertiary/aromatic N) is 2. The number of nitrogens with one attached hydrogen (secondary N) is 1. The molecule has 3 rings (SSSR count). The summed E-state index contributed by atoms with van der Waals surface area (Å²) in [4.78, 5) is 25.3. The molecule has 0 saturated carbocycles. The van der Waals surface area contributed by atoms with E-state index in [0.717, 1.165) is 10.6 Å². The van der Waals surface area contributed by atoms with Gasteiger partial charge in [-0.25, -0.2) is 4.68 Å². The summed E-state index contributed by atoms with van der Waals surface area (Å²) in [5, 5.41) is 9.10. The quantitative estimate of drug-likeness (QED) is 0.675. The second-order valence-electron chi connectivity index (χ2n) is 5.58. The number of rotatable bonds is 7. The number of aromatic nitrogens is 2. The molecule has 0 bridgehead atoms. The molecule has 0 aliphatic heterocycles. The molecule has 1 amide bonds. The highest BCUT2D eigenvalue weighted by Gasteiger charge is 2.11. The number of amides is 1. The second kappa shape index (κ2) is 8.50. The van der Waals surface area contributed by atoms with Gasteiger partial charge in [0.15, 0.2) is 11.5 Å². The third-order valence-corrected chi connectivity index (χ3v) is 4.79. The number of carbonyl (C=O) groups is 1. The first-order valence-electron chi connectivity index (χ1n) is 8.24. The van der Waals surface area contributed by atoms with Crippen LogP contribution in [0.5, 0.6) is 11.5 Å². The lowest BCUT2D eigenvalue weighted by Gasteiger charge is -2.10. The van der Waals surface area contributed by atoms with Crippen LogP contribution in [0, 0.1) is 0 Å². The van der Waals surface area contributed by atoms with Gasteiger partial charge < -0.3 is 14.8 Å². The summed E-state index contributed by atoms with van der Waals surface area (Å²) in [7, 11) is 3.05. The van der Waals surface area contributed by atoms with Gasteiger partial charge in [-0.2, -0.15) is 5.10 Å². The Morgan fingerprint density at radius 3 is 2.67 bits per heavy atom. The Morgan fingerprint density at radius 1 is 1.15 bits per heavy atom. The molecule has 1 N–H and O–H groups in total. The van der Waals surface area contributed by atoms with Gasteiger partial charge in [0.2, 0.25) is 0 Å². The van der Waals surface area contributed by atoms with Crippen molar-refractivity contribution in [3.05, 3.63) is 63.8 Å². The zero-order chi connectivity index (χ0) is 19.2. The molecule has 27 heavy (non-hydrogen) atoms. The lowest BCUT2D eigenvalue weighted by atomic mass is 10.2. The molecule has 3 aromatic rings.